The molecular formula is C21H23ClO3. The van der Waals surface area contributed by atoms with Gasteiger partial charge < -0.3 is 4.74 Å². The van der Waals surface area contributed by atoms with E-state index >= 15 is 0 Å². The van der Waals surface area contributed by atoms with Crippen LogP contribution in [-0.2, 0) is 9.59 Å². The molecule has 0 aromatic heterocycles. The van der Waals surface area contributed by atoms with Gasteiger partial charge >= 0.3 is 0 Å². The van der Waals surface area contributed by atoms with E-state index in [9.17, 15) is 9.59 Å². The number of fused-ring (bicyclic) bond motifs is 2. The molecule has 0 amide bonds. The smallest absolute Gasteiger partial charge is 0.154 e. The van der Waals surface area contributed by atoms with Crippen LogP contribution in [0.25, 0.3) is 0 Å². The van der Waals surface area contributed by atoms with Crippen LogP contribution in [0.1, 0.15) is 57.6 Å². The summed E-state index contributed by atoms with van der Waals surface area (Å²) in [5.74, 6) is 5.18. The minimum Gasteiger partial charge on any atom is -0.496 e. The van der Waals surface area contributed by atoms with Crippen molar-refractivity contribution in [3.8, 4) is 17.6 Å². The minimum absolute atomic E-state index is 0.0282. The van der Waals surface area contributed by atoms with E-state index in [0.717, 1.165) is 12.8 Å². The summed E-state index contributed by atoms with van der Waals surface area (Å²) in [5, 5.41) is 0.367. The summed E-state index contributed by atoms with van der Waals surface area (Å²) in [4.78, 5) is 26.6. The zero-order chi connectivity index (χ0) is 18.6. The number of hydrogen-bond donors (Lipinski definition) is 0. The van der Waals surface area contributed by atoms with Gasteiger partial charge in [-0.3, -0.25) is 9.59 Å². The Morgan fingerprint density at radius 1 is 1.24 bits per heavy atom. The zero-order valence-electron chi connectivity index (χ0n) is 15.3. The molecule has 2 aliphatic carbocycles. The van der Waals surface area contributed by atoms with Gasteiger partial charge in [0.2, 0.25) is 0 Å². The Balaban J connectivity index is 2.19. The van der Waals surface area contributed by atoms with E-state index in [2.05, 4.69) is 11.8 Å². The number of halogens is 1. The highest BCUT2D eigenvalue weighted by Gasteiger charge is 2.65. The highest BCUT2D eigenvalue weighted by Crippen LogP contribution is 2.63. The van der Waals surface area contributed by atoms with Crippen LogP contribution < -0.4 is 4.74 Å². The van der Waals surface area contributed by atoms with E-state index in [1.54, 1.807) is 19.1 Å². The Labute approximate surface area is 154 Å². The quantitative estimate of drug-likeness (QED) is 0.581. The molecule has 25 heavy (non-hydrogen) atoms. The standard InChI is InChI=1S/C21H23ClO3/c1-6-7-12-10-14(22)16(15(11-12)25-5)17-18(23)13-8-9-21(4,19(17)24)20(13,2)3/h10-11,13,17H,8-9H2,1-5H3. The van der Waals surface area contributed by atoms with Crippen LogP contribution in [0.3, 0.4) is 0 Å². The molecule has 3 rings (SSSR count). The molecule has 3 atom stereocenters. The maximum Gasteiger partial charge on any atom is 0.154 e. The monoisotopic (exact) mass is 358 g/mol. The van der Waals surface area contributed by atoms with Crippen molar-refractivity contribution in [1.29, 1.82) is 0 Å². The molecule has 1 aromatic rings. The van der Waals surface area contributed by atoms with Gasteiger partial charge in [0.25, 0.3) is 0 Å². The first kappa shape index (κ1) is 18.0. The third-order valence-corrected chi connectivity index (χ3v) is 6.84. The molecule has 0 spiro atoms. The maximum absolute atomic E-state index is 13.4. The lowest BCUT2D eigenvalue weighted by Gasteiger charge is -2.46. The fourth-order valence-corrected chi connectivity index (χ4v) is 4.94. The molecular weight excluding hydrogens is 336 g/mol. The second kappa shape index (κ2) is 5.88. The molecule has 0 saturated heterocycles. The largest absolute Gasteiger partial charge is 0.496 e. The summed E-state index contributed by atoms with van der Waals surface area (Å²) in [6, 6.07) is 3.46. The fraction of sp³-hybridized carbons (Fsp3) is 0.524. The number of rotatable bonds is 2. The van der Waals surface area contributed by atoms with Gasteiger partial charge in [0.1, 0.15) is 11.7 Å². The first-order chi connectivity index (χ1) is 11.7. The predicted octanol–water partition coefficient (Wildman–Crippen LogP) is 4.40. The van der Waals surface area contributed by atoms with Crippen molar-refractivity contribution in [2.75, 3.05) is 7.11 Å². The zero-order valence-corrected chi connectivity index (χ0v) is 16.1. The molecule has 1 aromatic carbocycles. The normalized spacial score (nSPS) is 30.0. The summed E-state index contributed by atoms with van der Waals surface area (Å²) >= 11 is 6.49. The van der Waals surface area contributed by atoms with Gasteiger partial charge in [-0.2, -0.15) is 0 Å². The SMILES string of the molecule is CC#Cc1cc(Cl)c(C2C(=O)C3CCC(C)(C2=O)C3(C)C)c(OC)c1. The molecule has 0 heterocycles. The van der Waals surface area contributed by atoms with Crippen molar-refractivity contribution in [3.63, 3.8) is 0 Å². The molecule has 3 unspecified atom stereocenters. The summed E-state index contributed by atoms with van der Waals surface area (Å²) < 4.78 is 5.48. The Kier molecular flexibility index (Phi) is 4.24. The highest BCUT2D eigenvalue weighted by atomic mass is 35.5. The van der Waals surface area contributed by atoms with Gasteiger partial charge in [-0.15, -0.1) is 5.92 Å². The molecule has 2 fully saturated rings. The summed E-state index contributed by atoms with van der Waals surface area (Å²) in [5.41, 5.74) is 0.352. The summed E-state index contributed by atoms with van der Waals surface area (Å²) in [6.07, 6.45) is 1.50. The topological polar surface area (TPSA) is 43.4 Å². The van der Waals surface area contributed by atoms with E-state index in [4.69, 9.17) is 16.3 Å². The lowest BCUT2D eigenvalue weighted by molar-refractivity contribution is -0.149. The molecule has 2 bridgehead atoms. The Morgan fingerprint density at radius 3 is 2.52 bits per heavy atom. The molecule has 2 saturated carbocycles. The first-order valence-electron chi connectivity index (χ1n) is 8.57. The Morgan fingerprint density at radius 2 is 1.92 bits per heavy atom. The predicted molar refractivity (Wildman–Crippen MR) is 97.9 cm³/mol. The number of carbonyl (C=O) groups is 2. The van der Waals surface area contributed by atoms with E-state index < -0.39 is 11.3 Å². The van der Waals surface area contributed by atoms with Crippen molar-refractivity contribution in [1.82, 2.24) is 0 Å². The molecule has 0 aliphatic heterocycles. The van der Waals surface area contributed by atoms with Crippen molar-refractivity contribution in [2.24, 2.45) is 16.7 Å². The second-order valence-corrected chi connectivity index (χ2v) is 8.20. The van der Waals surface area contributed by atoms with Crippen molar-refractivity contribution in [3.05, 3.63) is 28.3 Å². The third kappa shape index (κ3) is 2.34. The van der Waals surface area contributed by atoms with E-state index in [-0.39, 0.29) is 22.9 Å². The van der Waals surface area contributed by atoms with Crippen LogP contribution in [0.2, 0.25) is 5.02 Å². The number of ether oxygens (including phenoxy) is 1. The van der Waals surface area contributed by atoms with Crippen LogP contribution in [0.4, 0.5) is 0 Å². The van der Waals surface area contributed by atoms with Crippen molar-refractivity contribution in [2.45, 2.75) is 46.5 Å². The van der Waals surface area contributed by atoms with Gasteiger partial charge in [0.15, 0.2) is 11.6 Å². The summed E-state index contributed by atoms with van der Waals surface area (Å²) in [7, 11) is 1.52. The number of methoxy groups -OCH3 is 1. The highest BCUT2D eigenvalue weighted by molar-refractivity contribution is 6.33. The van der Waals surface area contributed by atoms with E-state index in [0.29, 0.717) is 21.9 Å². The number of hydrogen-bond acceptors (Lipinski definition) is 3. The van der Waals surface area contributed by atoms with Gasteiger partial charge in [0, 0.05) is 27.5 Å². The minimum atomic E-state index is -0.850. The van der Waals surface area contributed by atoms with Crippen molar-refractivity contribution < 1.29 is 14.3 Å². The van der Waals surface area contributed by atoms with Crippen LogP contribution in [0.5, 0.6) is 5.75 Å². The van der Waals surface area contributed by atoms with Gasteiger partial charge in [-0.25, -0.2) is 0 Å². The molecule has 132 valence electrons. The van der Waals surface area contributed by atoms with Crippen LogP contribution >= 0.6 is 11.6 Å². The Bertz CT molecular complexity index is 828. The molecule has 3 nitrogen and oxygen atoms in total. The van der Waals surface area contributed by atoms with Gasteiger partial charge in [0.05, 0.1) is 7.11 Å². The van der Waals surface area contributed by atoms with Gasteiger partial charge in [-0.1, -0.05) is 38.3 Å². The summed E-state index contributed by atoms with van der Waals surface area (Å²) in [6.45, 7) is 7.81. The third-order valence-electron chi connectivity index (χ3n) is 6.53. The molecule has 4 heteroatoms. The van der Waals surface area contributed by atoms with Crippen LogP contribution in [0.15, 0.2) is 12.1 Å². The molecule has 2 aliphatic rings. The first-order valence-corrected chi connectivity index (χ1v) is 8.95. The maximum atomic E-state index is 13.4. The van der Waals surface area contributed by atoms with Gasteiger partial charge in [-0.05, 0) is 37.3 Å². The lowest BCUT2D eigenvalue weighted by Crippen LogP contribution is -2.52. The van der Waals surface area contributed by atoms with E-state index in [1.165, 1.54) is 7.11 Å². The molecule has 0 N–H and O–H groups in total. The number of benzene rings is 1. The molecule has 0 radical (unpaired) electrons. The van der Waals surface area contributed by atoms with E-state index in [1.807, 2.05) is 20.8 Å². The number of Topliss-reactive ketones (excluding diaryl/α,β-unsaturated/α-hetero) is 2. The van der Waals surface area contributed by atoms with Crippen LogP contribution in [0, 0.1) is 28.6 Å². The number of carbonyl (C=O) groups excluding carboxylic acids is 2. The second-order valence-electron chi connectivity index (χ2n) is 7.79. The average molecular weight is 359 g/mol. The van der Waals surface area contributed by atoms with Crippen molar-refractivity contribution >= 4 is 23.2 Å². The fourth-order valence-electron chi connectivity index (χ4n) is 4.62. The Hall–Kier alpha value is -1.79. The van der Waals surface area contributed by atoms with Crippen LogP contribution in [-0.4, -0.2) is 18.7 Å². The lowest BCUT2D eigenvalue weighted by atomic mass is 9.54. The number of ketones is 2. The average Bonchev–Trinajstić information content (AvgIpc) is 2.73.